The molecule has 21 heavy (non-hydrogen) atoms. The average molecular weight is 293 g/mol. The number of carbonyl (C=O) groups is 1. The molecule has 0 atom stereocenters. The van der Waals surface area contributed by atoms with Crippen molar-refractivity contribution in [2.75, 3.05) is 12.8 Å². The Kier molecular flexibility index (Phi) is 4.07. The normalized spacial score (nSPS) is 10.3. The van der Waals surface area contributed by atoms with Crippen LogP contribution in [0.4, 0.5) is 14.5 Å². The van der Waals surface area contributed by atoms with Gasteiger partial charge in [0.1, 0.15) is 17.1 Å². The number of nitrogens with two attached hydrogens (primary N) is 1. The minimum atomic E-state index is -0.875. The van der Waals surface area contributed by atoms with Crippen molar-refractivity contribution in [3.8, 4) is 11.5 Å². The van der Waals surface area contributed by atoms with Crippen LogP contribution in [0.2, 0.25) is 0 Å². The fourth-order valence-electron chi connectivity index (χ4n) is 1.73. The minimum absolute atomic E-state index is 0.0596. The molecule has 0 amide bonds. The fourth-order valence-corrected chi connectivity index (χ4v) is 1.73. The first kappa shape index (κ1) is 14.8. The summed E-state index contributed by atoms with van der Waals surface area (Å²) in [4.78, 5) is 11.7. The number of anilines is 1. The zero-order chi connectivity index (χ0) is 15.6. The predicted octanol–water partition coefficient (Wildman–Crippen LogP) is 3.43. The second-order valence-corrected chi connectivity index (χ2v) is 4.37. The molecule has 0 saturated carbocycles. The lowest BCUT2D eigenvalue weighted by atomic mass is 10.1. The number of rotatable bonds is 3. The van der Waals surface area contributed by atoms with Crippen LogP contribution >= 0.6 is 0 Å². The molecule has 0 aliphatic heterocycles. The van der Waals surface area contributed by atoms with Crippen LogP contribution in [0.25, 0.3) is 0 Å². The Labute approximate surface area is 120 Å². The molecular weight excluding hydrogens is 280 g/mol. The SMILES string of the molecule is COC(=O)c1cc(N)c(C)cc1Oc1ccc(F)cc1F. The van der Waals surface area contributed by atoms with Gasteiger partial charge in [-0.3, -0.25) is 0 Å². The third-order valence-corrected chi connectivity index (χ3v) is 2.89. The highest BCUT2D eigenvalue weighted by atomic mass is 19.1. The summed E-state index contributed by atoms with van der Waals surface area (Å²) in [5.41, 5.74) is 6.83. The molecule has 0 spiro atoms. The van der Waals surface area contributed by atoms with Crippen LogP contribution in [0.1, 0.15) is 15.9 Å². The van der Waals surface area contributed by atoms with Gasteiger partial charge in [0.05, 0.1) is 7.11 Å². The lowest BCUT2D eigenvalue weighted by molar-refractivity contribution is 0.0598. The smallest absolute Gasteiger partial charge is 0.341 e. The summed E-state index contributed by atoms with van der Waals surface area (Å²) in [6.45, 7) is 1.71. The zero-order valence-electron chi connectivity index (χ0n) is 11.4. The summed E-state index contributed by atoms with van der Waals surface area (Å²) in [6, 6.07) is 5.76. The molecule has 0 bridgehead atoms. The van der Waals surface area contributed by atoms with Crippen LogP contribution in [-0.4, -0.2) is 13.1 Å². The van der Waals surface area contributed by atoms with E-state index in [4.69, 9.17) is 10.5 Å². The maximum absolute atomic E-state index is 13.6. The molecule has 0 fully saturated rings. The van der Waals surface area contributed by atoms with E-state index >= 15 is 0 Å². The van der Waals surface area contributed by atoms with Crippen molar-refractivity contribution in [2.24, 2.45) is 0 Å². The lowest BCUT2D eigenvalue weighted by Crippen LogP contribution is -2.06. The summed E-state index contributed by atoms with van der Waals surface area (Å²) >= 11 is 0. The first-order valence-electron chi connectivity index (χ1n) is 6.03. The second kappa shape index (κ2) is 5.78. The van der Waals surface area contributed by atoms with Crippen molar-refractivity contribution < 1.29 is 23.0 Å². The molecule has 0 radical (unpaired) electrons. The van der Waals surface area contributed by atoms with Crippen LogP contribution in [0, 0.1) is 18.6 Å². The molecule has 6 heteroatoms. The van der Waals surface area contributed by atoms with E-state index in [1.54, 1.807) is 6.92 Å². The molecule has 2 aromatic rings. The number of nitrogen functional groups attached to an aromatic ring is 1. The van der Waals surface area contributed by atoms with E-state index in [1.165, 1.54) is 19.2 Å². The maximum Gasteiger partial charge on any atom is 0.341 e. The Morgan fingerprint density at radius 3 is 2.48 bits per heavy atom. The van der Waals surface area contributed by atoms with Crippen LogP contribution in [0.15, 0.2) is 30.3 Å². The van der Waals surface area contributed by atoms with E-state index in [0.29, 0.717) is 17.3 Å². The number of halogens is 2. The predicted molar refractivity (Wildman–Crippen MR) is 73.4 cm³/mol. The van der Waals surface area contributed by atoms with Crippen molar-refractivity contribution in [1.29, 1.82) is 0 Å². The molecule has 2 aromatic carbocycles. The largest absolute Gasteiger partial charge is 0.465 e. The topological polar surface area (TPSA) is 61.5 Å². The Hall–Kier alpha value is -2.63. The first-order valence-corrected chi connectivity index (χ1v) is 6.03. The molecule has 2 rings (SSSR count). The van der Waals surface area contributed by atoms with Crippen LogP contribution in [-0.2, 0) is 4.74 Å². The molecule has 0 unspecified atom stereocenters. The number of ether oxygens (including phenoxy) is 2. The highest BCUT2D eigenvalue weighted by molar-refractivity contribution is 5.94. The molecule has 0 aliphatic rings. The molecule has 0 saturated heterocycles. The molecular formula is C15H13F2NO3. The molecule has 0 aliphatic carbocycles. The number of hydrogen-bond acceptors (Lipinski definition) is 4. The van der Waals surface area contributed by atoms with E-state index in [2.05, 4.69) is 4.74 Å². The summed E-state index contributed by atoms with van der Waals surface area (Å²) < 4.78 is 36.5. The zero-order valence-corrected chi connectivity index (χ0v) is 11.4. The molecule has 2 N–H and O–H groups in total. The number of carbonyl (C=O) groups excluding carboxylic acids is 1. The van der Waals surface area contributed by atoms with E-state index < -0.39 is 17.6 Å². The summed E-state index contributed by atoms with van der Waals surface area (Å²) in [5, 5.41) is 0. The minimum Gasteiger partial charge on any atom is -0.465 e. The highest BCUT2D eigenvalue weighted by Gasteiger charge is 2.17. The van der Waals surface area contributed by atoms with Gasteiger partial charge in [-0.25, -0.2) is 13.6 Å². The third kappa shape index (κ3) is 3.10. The van der Waals surface area contributed by atoms with E-state index in [9.17, 15) is 13.6 Å². The maximum atomic E-state index is 13.6. The average Bonchev–Trinajstić information content (AvgIpc) is 2.44. The van der Waals surface area contributed by atoms with Crippen LogP contribution < -0.4 is 10.5 Å². The van der Waals surface area contributed by atoms with Gasteiger partial charge in [-0.1, -0.05) is 0 Å². The van der Waals surface area contributed by atoms with Gasteiger partial charge < -0.3 is 15.2 Å². The van der Waals surface area contributed by atoms with Gasteiger partial charge in [0.2, 0.25) is 0 Å². The van der Waals surface area contributed by atoms with Crippen molar-refractivity contribution >= 4 is 11.7 Å². The third-order valence-electron chi connectivity index (χ3n) is 2.89. The number of benzene rings is 2. The molecule has 4 nitrogen and oxygen atoms in total. The Morgan fingerprint density at radius 2 is 1.86 bits per heavy atom. The fraction of sp³-hybridized carbons (Fsp3) is 0.133. The van der Waals surface area contributed by atoms with E-state index in [0.717, 1.165) is 12.1 Å². The summed E-state index contributed by atoms with van der Waals surface area (Å²) in [5.74, 6) is -2.38. The molecule has 110 valence electrons. The van der Waals surface area contributed by atoms with Crippen molar-refractivity contribution in [1.82, 2.24) is 0 Å². The van der Waals surface area contributed by atoms with Crippen molar-refractivity contribution in [3.63, 3.8) is 0 Å². The van der Waals surface area contributed by atoms with E-state index in [1.807, 2.05) is 0 Å². The monoisotopic (exact) mass is 293 g/mol. The highest BCUT2D eigenvalue weighted by Crippen LogP contribution is 2.31. The van der Waals surface area contributed by atoms with Gasteiger partial charge in [0.25, 0.3) is 0 Å². The molecule has 0 aromatic heterocycles. The standard InChI is InChI=1S/C15H13F2NO3/c1-8-5-14(10(7-12(8)18)15(19)20-2)21-13-4-3-9(16)6-11(13)17/h3-7H,18H2,1-2H3. The first-order chi connectivity index (χ1) is 9.92. The number of esters is 1. The van der Waals surface area contributed by atoms with Gasteiger partial charge in [-0.15, -0.1) is 0 Å². The van der Waals surface area contributed by atoms with Gasteiger partial charge in [-0.05, 0) is 36.8 Å². The van der Waals surface area contributed by atoms with Crippen LogP contribution in [0.5, 0.6) is 11.5 Å². The Bertz CT molecular complexity index is 702. The van der Waals surface area contributed by atoms with Crippen molar-refractivity contribution in [3.05, 3.63) is 53.1 Å². The van der Waals surface area contributed by atoms with E-state index in [-0.39, 0.29) is 17.1 Å². The number of methoxy groups -OCH3 is 1. The Balaban J connectivity index is 2.47. The molecule has 0 heterocycles. The quantitative estimate of drug-likeness (QED) is 0.695. The number of aryl methyl sites for hydroxylation is 1. The van der Waals surface area contributed by atoms with Gasteiger partial charge >= 0.3 is 5.97 Å². The number of hydrogen-bond donors (Lipinski definition) is 1. The summed E-state index contributed by atoms with van der Waals surface area (Å²) in [6.07, 6.45) is 0. The van der Waals surface area contributed by atoms with Gasteiger partial charge in [0, 0.05) is 11.8 Å². The second-order valence-electron chi connectivity index (χ2n) is 4.37. The van der Waals surface area contributed by atoms with Gasteiger partial charge in [0.15, 0.2) is 11.6 Å². The summed E-state index contributed by atoms with van der Waals surface area (Å²) in [7, 11) is 1.21. The lowest BCUT2D eigenvalue weighted by Gasteiger charge is -2.13. The van der Waals surface area contributed by atoms with Crippen LogP contribution in [0.3, 0.4) is 0 Å². The Morgan fingerprint density at radius 1 is 1.14 bits per heavy atom. The van der Waals surface area contributed by atoms with Crippen molar-refractivity contribution in [2.45, 2.75) is 6.92 Å². The van der Waals surface area contributed by atoms with Gasteiger partial charge in [-0.2, -0.15) is 0 Å².